The average Bonchev–Trinajstić information content (AvgIpc) is 3.42. The standard InChI is InChI=1S/C22H22N2O4S/c1-27-18-11-8-14(13-19(18)28-15-5-2-3-6-15)23-21(25)16-9-10-17(24-22(16)26)20-7-4-12-29-20/h4,7-13,15H,2-3,5-6H2,1H3,(H,23,25)(H,24,26). The van der Waals surface area contributed by atoms with E-state index < -0.39 is 11.5 Å². The molecule has 0 unspecified atom stereocenters. The second-order valence-electron chi connectivity index (χ2n) is 6.94. The summed E-state index contributed by atoms with van der Waals surface area (Å²) in [6, 6.07) is 12.3. The molecule has 6 nitrogen and oxygen atoms in total. The number of nitrogens with one attached hydrogen (secondary N) is 2. The van der Waals surface area contributed by atoms with Crippen LogP contribution in [-0.4, -0.2) is 24.1 Å². The molecule has 150 valence electrons. The van der Waals surface area contributed by atoms with E-state index in [-0.39, 0.29) is 11.7 Å². The molecule has 0 radical (unpaired) electrons. The average molecular weight is 410 g/mol. The largest absolute Gasteiger partial charge is 0.493 e. The molecule has 2 aromatic heterocycles. The molecule has 0 spiro atoms. The molecule has 2 N–H and O–H groups in total. The van der Waals surface area contributed by atoms with E-state index in [2.05, 4.69) is 10.3 Å². The summed E-state index contributed by atoms with van der Waals surface area (Å²) in [6.07, 6.45) is 4.53. The Morgan fingerprint density at radius 2 is 1.97 bits per heavy atom. The van der Waals surface area contributed by atoms with E-state index in [1.165, 1.54) is 11.3 Å². The number of pyridine rings is 1. The van der Waals surface area contributed by atoms with Gasteiger partial charge in [-0.25, -0.2) is 0 Å². The van der Waals surface area contributed by atoms with Crippen LogP contribution in [0.15, 0.2) is 52.6 Å². The first-order chi connectivity index (χ1) is 14.1. The molecular formula is C22H22N2O4S. The first-order valence-electron chi connectivity index (χ1n) is 9.57. The summed E-state index contributed by atoms with van der Waals surface area (Å²) >= 11 is 1.52. The monoisotopic (exact) mass is 410 g/mol. The molecule has 2 heterocycles. The zero-order valence-electron chi connectivity index (χ0n) is 16.1. The van der Waals surface area contributed by atoms with Crippen LogP contribution in [0.4, 0.5) is 5.69 Å². The van der Waals surface area contributed by atoms with Crippen molar-refractivity contribution in [3.05, 3.63) is 63.8 Å². The molecule has 0 saturated heterocycles. The smallest absolute Gasteiger partial charge is 0.261 e. The van der Waals surface area contributed by atoms with Gasteiger partial charge < -0.3 is 19.8 Å². The molecule has 1 aliphatic carbocycles. The van der Waals surface area contributed by atoms with Gasteiger partial charge in [-0.3, -0.25) is 9.59 Å². The molecule has 1 fully saturated rings. The van der Waals surface area contributed by atoms with Crippen molar-refractivity contribution >= 4 is 22.9 Å². The summed E-state index contributed by atoms with van der Waals surface area (Å²) in [5.74, 6) is 0.744. The zero-order chi connectivity index (χ0) is 20.2. The fourth-order valence-electron chi connectivity index (χ4n) is 3.46. The fraction of sp³-hybridized carbons (Fsp3) is 0.273. The number of methoxy groups -OCH3 is 1. The fourth-order valence-corrected chi connectivity index (χ4v) is 4.17. The number of thiophene rings is 1. The number of anilines is 1. The highest BCUT2D eigenvalue weighted by molar-refractivity contribution is 7.13. The number of benzene rings is 1. The van der Waals surface area contributed by atoms with Crippen molar-refractivity contribution in [3.63, 3.8) is 0 Å². The molecule has 0 atom stereocenters. The Hall–Kier alpha value is -3.06. The number of ether oxygens (including phenoxy) is 2. The van der Waals surface area contributed by atoms with Crippen LogP contribution in [0.1, 0.15) is 36.0 Å². The number of aromatic amines is 1. The summed E-state index contributed by atoms with van der Waals surface area (Å²) in [6.45, 7) is 0. The van der Waals surface area contributed by atoms with Gasteiger partial charge in [-0.2, -0.15) is 0 Å². The maximum absolute atomic E-state index is 12.6. The lowest BCUT2D eigenvalue weighted by molar-refractivity contribution is 0.102. The molecule has 3 aromatic rings. The molecule has 1 aromatic carbocycles. The molecular weight excluding hydrogens is 388 g/mol. The van der Waals surface area contributed by atoms with Gasteiger partial charge in [0.15, 0.2) is 11.5 Å². The van der Waals surface area contributed by atoms with Crippen LogP contribution in [0, 0.1) is 0 Å². The van der Waals surface area contributed by atoms with Gasteiger partial charge >= 0.3 is 0 Å². The number of rotatable bonds is 6. The van der Waals surface area contributed by atoms with E-state index in [9.17, 15) is 9.59 Å². The molecule has 1 aliphatic rings. The van der Waals surface area contributed by atoms with Crippen LogP contribution in [0.5, 0.6) is 11.5 Å². The van der Waals surface area contributed by atoms with E-state index >= 15 is 0 Å². The number of amides is 1. The zero-order valence-corrected chi connectivity index (χ0v) is 16.9. The minimum atomic E-state index is -0.471. The van der Waals surface area contributed by atoms with E-state index in [0.717, 1.165) is 30.6 Å². The van der Waals surface area contributed by atoms with E-state index in [0.29, 0.717) is 22.9 Å². The number of aromatic nitrogens is 1. The van der Waals surface area contributed by atoms with Gasteiger partial charge in [-0.05, 0) is 61.4 Å². The normalized spacial score (nSPS) is 14.0. The van der Waals surface area contributed by atoms with Gasteiger partial charge in [0.05, 0.1) is 23.8 Å². The number of carbonyl (C=O) groups excluding carboxylic acids is 1. The van der Waals surface area contributed by atoms with Gasteiger partial charge in [0.25, 0.3) is 11.5 Å². The van der Waals surface area contributed by atoms with E-state index in [4.69, 9.17) is 9.47 Å². The molecule has 1 amide bonds. The number of carbonyl (C=O) groups is 1. The van der Waals surface area contributed by atoms with Crippen molar-refractivity contribution in [1.82, 2.24) is 4.98 Å². The summed E-state index contributed by atoms with van der Waals surface area (Å²) in [4.78, 5) is 28.8. The maximum atomic E-state index is 12.6. The number of hydrogen-bond acceptors (Lipinski definition) is 5. The molecule has 0 aliphatic heterocycles. The third kappa shape index (κ3) is 4.35. The van der Waals surface area contributed by atoms with Crippen molar-refractivity contribution in [2.24, 2.45) is 0 Å². The van der Waals surface area contributed by atoms with Gasteiger partial charge in [-0.1, -0.05) is 6.07 Å². The van der Waals surface area contributed by atoms with Gasteiger partial charge in [-0.15, -0.1) is 11.3 Å². The lowest BCUT2D eigenvalue weighted by Crippen LogP contribution is -2.23. The number of hydrogen-bond donors (Lipinski definition) is 2. The molecule has 7 heteroatoms. The SMILES string of the molecule is COc1ccc(NC(=O)c2ccc(-c3cccs3)[nH]c2=O)cc1OC1CCCC1. The second-order valence-corrected chi connectivity index (χ2v) is 7.88. The van der Waals surface area contributed by atoms with Crippen molar-refractivity contribution in [2.45, 2.75) is 31.8 Å². The van der Waals surface area contributed by atoms with Crippen LogP contribution in [0.25, 0.3) is 10.6 Å². The summed E-state index contributed by atoms with van der Waals surface area (Å²) in [5.41, 5.74) is 0.868. The van der Waals surface area contributed by atoms with Gasteiger partial charge in [0.1, 0.15) is 5.56 Å². The molecule has 4 rings (SSSR count). The molecule has 29 heavy (non-hydrogen) atoms. The Morgan fingerprint density at radius 3 is 2.66 bits per heavy atom. The Morgan fingerprint density at radius 1 is 1.14 bits per heavy atom. The summed E-state index contributed by atoms with van der Waals surface area (Å²) in [7, 11) is 1.59. The highest BCUT2D eigenvalue weighted by atomic mass is 32.1. The summed E-state index contributed by atoms with van der Waals surface area (Å²) < 4.78 is 11.4. The van der Waals surface area contributed by atoms with Crippen LogP contribution < -0.4 is 20.3 Å². The second kappa shape index (κ2) is 8.53. The number of H-pyrrole nitrogens is 1. The van der Waals surface area contributed by atoms with Crippen LogP contribution in [0.2, 0.25) is 0 Å². The van der Waals surface area contributed by atoms with Crippen molar-refractivity contribution in [1.29, 1.82) is 0 Å². The van der Waals surface area contributed by atoms with Crippen LogP contribution >= 0.6 is 11.3 Å². The first-order valence-corrected chi connectivity index (χ1v) is 10.5. The van der Waals surface area contributed by atoms with E-state index in [1.54, 1.807) is 37.4 Å². The third-order valence-corrected chi connectivity index (χ3v) is 5.86. The molecule has 1 saturated carbocycles. The van der Waals surface area contributed by atoms with Crippen LogP contribution in [-0.2, 0) is 0 Å². The lowest BCUT2D eigenvalue weighted by atomic mass is 10.2. The third-order valence-electron chi connectivity index (χ3n) is 4.96. The first kappa shape index (κ1) is 19.3. The van der Waals surface area contributed by atoms with Crippen molar-refractivity contribution in [2.75, 3.05) is 12.4 Å². The highest BCUT2D eigenvalue weighted by Gasteiger charge is 2.19. The highest BCUT2D eigenvalue weighted by Crippen LogP contribution is 2.34. The van der Waals surface area contributed by atoms with E-state index in [1.807, 2.05) is 17.5 Å². The Bertz CT molecular complexity index is 1050. The van der Waals surface area contributed by atoms with Crippen LogP contribution in [0.3, 0.4) is 0 Å². The molecule has 0 bridgehead atoms. The topological polar surface area (TPSA) is 80.4 Å². The van der Waals surface area contributed by atoms with Crippen molar-refractivity contribution < 1.29 is 14.3 Å². The Balaban J connectivity index is 1.52. The lowest BCUT2D eigenvalue weighted by Gasteiger charge is -2.17. The van der Waals surface area contributed by atoms with Crippen molar-refractivity contribution in [3.8, 4) is 22.1 Å². The predicted molar refractivity (Wildman–Crippen MR) is 114 cm³/mol. The predicted octanol–water partition coefficient (Wildman–Crippen LogP) is 4.69. The maximum Gasteiger partial charge on any atom is 0.261 e. The van der Waals surface area contributed by atoms with Gasteiger partial charge in [0, 0.05) is 11.8 Å². The minimum absolute atomic E-state index is 0.0550. The summed E-state index contributed by atoms with van der Waals surface area (Å²) in [5, 5.41) is 4.71. The Kier molecular flexibility index (Phi) is 5.67. The Labute approximate surface area is 172 Å². The quantitative estimate of drug-likeness (QED) is 0.618. The van der Waals surface area contributed by atoms with Gasteiger partial charge in [0.2, 0.25) is 0 Å². The minimum Gasteiger partial charge on any atom is -0.493 e.